The van der Waals surface area contributed by atoms with Crippen LogP contribution < -0.4 is 16.8 Å². The van der Waals surface area contributed by atoms with Gasteiger partial charge in [-0.3, -0.25) is 9.69 Å². The Kier molecular flexibility index (Phi) is 11.1. The van der Waals surface area contributed by atoms with Crippen LogP contribution in [0.1, 0.15) is 62.2 Å². The number of nitrogen functional groups attached to an aromatic ring is 1. The SMILES string of the molecule is C=Cc1c(C(=C)NC2=C(F)CN(C)CC2)cc(/C=C/Cc2cnn(C(C)(C)C)c2N)nc1C(=C)C(C)F.NC=O. The summed E-state index contributed by atoms with van der Waals surface area (Å²) in [4.78, 5) is 15.2. The van der Waals surface area contributed by atoms with E-state index in [4.69, 9.17) is 10.5 Å². The lowest BCUT2D eigenvalue weighted by Crippen LogP contribution is -2.30. The smallest absolute Gasteiger partial charge is 0.204 e. The number of allylic oxidation sites excluding steroid dienone is 2. The lowest BCUT2D eigenvalue weighted by Gasteiger charge is -2.26. The van der Waals surface area contributed by atoms with Crippen molar-refractivity contribution in [2.75, 3.05) is 25.9 Å². The van der Waals surface area contributed by atoms with Crippen molar-refractivity contribution in [3.63, 3.8) is 0 Å². The van der Waals surface area contributed by atoms with Crippen LogP contribution in [0.5, 0.6) is 0 Å². The van der Waals surface area contributed by atoms with Crippen LogP contribution in [-0.4, -0.2) is 52.4 Å². The molecule has 0 radical (unpaired) electrons. The van der Waals surface area contributed by atoms with Gasteiger partial charge < -0.3 is 16.8 Å². The number of carbonyl (C=O) groups excluding carboxylic acids is 1. The van der Waals surface area contributed by atoms with Crippen LogP contribution in [0.3, 0.4) is 0 Å². The number of likely N-dealkylation sites (N-methyl/N-ethyl adjacent to an activating group) is 1. The molecule has 2 aromatic heterocycles. The molecule has 40 heavy (non-hydrogen) atoms. The minimum atomic E-state index is -1.31. The summed E-state index contributed by atoms with van der Waals surface area (Å²) in [6.07, 6.45) is 7.16. The van der Waals surface area contributed by atoms with Gasteiger partial charge in [0.1, 0.15) is 17.8 Å². The lowest BCUT2D eigenvalue weighted by molar-refractivity contribution is -0.106. The first-order valence-electron chi connectivity index (χ1n) is 12.9. The number of nitrogens with two attached hydrogens (primary N) is 2. The number of anilines is 1. The summed E-state index contributed by atoms with van der Waals surface area (Å²) in [5.41, 5.74) is 14.6. The predicted octanol–water partition coefficient (Wildman–Crippen LogP) is 5.06. The molecule has 3 heterocycles. The summed E-state index contributed by atoms with van der Waals surface area (Å²) in [5.74, 6) is 0.388. The first-order chi connectivity index (χ1) is 18.7. The molecule has 1 aliphatic heterocycles. The van der Waals surface area contributed by atoms with Gasteiger partial charge in [0.15, 0.2) is 0 Å². The van der Waals surface area contributed by atoms with Gasteiger partial charge in [-0.15, -0.1) is 0 Å². The highest BCUT2D eigenvalue weighted by Crippen LogP contribution is 2.30. The Balaban J connectivity index is 0.00000178. The number of nitrogens with zero attached hydrogens (tertiary/aromatic N) is 4. The van der Waals surface area contributed by atoms with Crippen LogP contribution in [0.25, 0.3) is 23.4 Å². The van der Waals surface area contributed by atoms with Crippen LogP contribution in [0.4, 0.5) is 14.6 Å². The van der Waals surface area contributed by atoms with Crippen molar-refractivity contribution < 1.29 is 13.6 Å². The zero-order valence-electron chi connectivity index (χ0n) is 24.1. The van der Waals surface area contributed by atoms with Crippen LogP contribution in [0, 0.1) is 0 Å². The average Bonchev–Trinajstić information content (AvgIpc) is 3.25. The second-order valence-corrected chi connectivity index (χ2v) is 10.6. The number of aromatic nitrogens is 3. The normalized spacial score (nSPS) is 14.9. The number of primary amides is 1. The molecule has 0 fully saturated rings. The summed E-state index contributed by atoms with van der Waals surface area (Å²) in [7, 11) is 1.88. The third-order valence-electron chi connectivity index (χ3n) is 6.32. The van der Waals surface area contributed by atoms with Gasteiger partial charge in [0.25, 0.3) is 0 Å². The number of carbonyl (C=O) groups is 1. The zero-order valence-corrected chi connectivity index (χ0v) is 24.1. The van der Waals surface area contributed by atoms with E-state index >= 15 is 0 Å². The van der Waals surface area contributed by atoms with E-state index in [-0.39, 0.29) is 29.9 Å². The third-order valence-corrected chi connectivity index (χ3v) is 6.32. The molecule has 1 atom stereocenters. The molecular weight excluding hydrogens is 512 g/mol. The standard InChI is InChI=1S/C29H38F2N6.CH3NO/c1-9-23-24(20(4)34-26-13-14-36(8)17-25(26)31)15-22(35-27(23)18(2)19(3)30)12-10-11-21-16-33-37(28(21)32)29(5,6)7;2-1-3/h9-10,12,15-16,19,34H,1-2,4,11,13-14,17,32H2,3,5-8H3;1H,(H2,2,3)/b12-10+;. The van der Waals surface area contributed by atoms with Gasteiger partial charge in [0, 0.05) is 46.6 Å². The van der Waals surface area contributed by atoms with E-state index in [1.165, 1.54) is 6.92 Å². The van der Waals surface area contributed by atoms with E-state index in [1.54, 1.807) is 17.0 Å². The van der Waals surface area contributed by atoms with Gasteiger partial charge in [-0.05, 0) is 53.3 Å². The van der Waals surface area contributed by atoms with Gasteiger partial charge in [-0.2, -0.15) is 5.10 Å². The molecule has 8 nitrogen and oxygen atoms in total. The number of rotatable bonds is 9. The Morgan fingerprint density at radius 3 is 2.50 bits per heavy atom. The maximum Gasteiger partial charge on any atom is 0.204 e. The van der Waals surface area contributed by atoms with Crippen LogP contribution in [0.2, 0.25) is 0 Å². The van der Waals surface area contributed by atoms with E-state index in [0.717, 1.165) is 12.1 Å². The zero-order chi connectivity index (χ0) is 30.2. The van der Waals surface area contributed by atoms with Crippen molar-refractivity contribution in [1.29, 1.82) is 0 Å². The number of amides is 1. The number of halogens is 2. The predicted molar refractivity (Wildman–Crippen MR) is 161 cm³/mol. The Bertz CT molecular complexity index is 1320. The average molecular weight is 554 g/mol. The topological polar surface area (TPSA) is 115 Å². The molecule has 1 aliphatic rings. The Labute approximate surface area is 235 Å². The maximum absolute atomic E-state index is 14.6. The van der Waals surface area contributed by atoms with E-state index in [1.807, 2.05) is 50.9 Å². The molecule has 0 aromatic carbocycles. The van der Waals surface area contributed by atoms with E-state index in [0.29, 0.717) is 52.6 Å². The maximum atomic E-state index is 14.6. The van der Waals surface area contributed by atoms with Crippen molar-refractivity contribution in [2.45, 2.75) is 52.2 Å². The van der Waals surface area contributed by atoms with Gasteiger partial charge in [0.2, 0.25) is 6.41 Å². The first-order valence-corrected chi connectivity index (χ1v) is 12.9. The molecule has 1 amide bonds. The number of alkyl halides is 1. The summed E-state index contributed by atoms with van der Waals surface area (Å²) in [5, 5.41) is 7.56. The Morgan fingerprint density at radius 1 is 1.32 bits per heavy atom. The van der Waals surface area contributed by atoms with Gasteiger partial charge >= 0.3 is 0 Å². The van der Waals surface area contributed by atoms with Crippen molar-refractivity contribution in [1.82, 2.24) is 25.0 Å². The molecule has 3 rings (SSSR count). The fourth-order valence-electron chi connectivity index (χ4n) is 4.17. The monoisotopic (exact) mass is 553 g/mol. The third kappa shape index (κ3) is 7.98. The molecule has 5 N–H and O–H groups in total. The minimum Gasteiger partial charge on any atom is -0.384 e. The van der Waals surface area contributed by atoms with E-state index in [9.17, 15) is 8.78 Å². The van der Waals surface area contributed by atoms with Gasteiger partial charge in [-0.1, -0.05) is 31.9 Å². The first kappa shape index (κ1) is 32.2. The molecule has 216 valence electrons. The summed E-state index contributed by atoms with van der Waals surface area (Å²) < 4.78 is 30.7. The molecule has 0 saturated heterocycles. The Hall–Kier alpha value is -4.05. The second kappa shape index (κ2) is 13.8. The number of hydrogen-bond acceptors (Lipinski definition) is 6. The highest BCUT2D eigenvalue weighted by molar-refractivity contribution is 5.82. The fourth-order valence-corrected chi connectivity index (χ4v) is 4.17. The van der Waals surface area contributed by atoms with Crippen molar-refractivity contribution in [3.8, 4) is 0 Å². The van der Waals surface area contributed by atoms with Crippen LogP contribution >= 0.6 is 0 Å². The molecule has 0 aliphatic carbocycles. The van der Waals surface area contributed by atoms with Crippen LogP contribution in [-0.2, 0) is 16.8 Å². The van der Waals surface area contributed by atoms with E-state index < -0.39 is 6.17 Å². The molecular formula is C30H41F2N7O. The molecule has 10 heteroatoms. The summed E-state index contributed by atoms with van der Waals surface area (Å²) in [6, 6.07) is 1.83. The summed E-state index contributed by atoms with van der Waals surface area (Å²) >= 11 is 0. The van der Waals surface area contributed by atoms with Crippen molar-refractivity contribution >= 4 is 35.7 Å². The van der Waals surface area contributed by atoms with Crippen molar-refractivity contribution in [3.05, 3.63) is 77.7 Å². The number of hydrogen-bond donors (Lipinski definition) is 3. The molecule has 0 bridgehead atoms. The van der Waals surface area contributed by atoms with Gasteiger partial charge in [-0.25, -0.2) is 18.4 Å². The van der Waals surface area contributed by atoms with Crippen LogP contribution in [0.15, 0.2) is 49.6 Å². The van der Waals surface area contributed by atoms with Crippen molar-refractivity contribution in [2.24, 2.45) is 5.73 Å². The summed E-state index contributed by atoms with van der Waals surface area (Å²) in [6.45, 7) is 20.5. The molecule has 0 saturated carbocycles. The highest BCUT2D eigenvalue weighted by Gasteiger charge is 2.21. The fraction of sp³-hybridized carbons (Fsp3) is 0.367. The molecule has 1 unspecified atom stereocenters. The number of pyridine rings is 1. The second-order valence-electron chi connectivity index (χ2n) is 10.6. The van der Waals surface area contributed by atoms with E-state index in [2.05, 4.69) is 40.9 Å². The Morgan fingerprint density at radius 2 is 1.98 bits per heavy atom. The minimum absolute atomic E-state index is 0.223. The molecule has 2 aromatic rings. The highest BCUT2D eigenvalue weighted by atomic mass is 19.1. The quantitative estimate of drug-likeness (QED) is 0.374. The largest absolute Gasteiger partial charge is 0.384 e. The lowest BCUT2D eigenvalue weighted by atomic mass is 9.96. The molecule has 0 spiro atoms. The number of nitrogens with one attached hydrogen (secondary N) is 1. The van der Waals surface area contributed by atoms with Gasteiger partial charge in [0.05, 0.1) is 29.7 Å².